The SMILES string of the molecule is CCC(C(=O)NC(C)C(C)CO)N1CCCC1=O. The molecule has 3 unspecified atom stereocenters. The van der Waals surface area contributed by atoms with Crippen molar-refractivity contribution in [2.75, 3.05) is 13.2 Å². The summed E-state index contributed by atoms with van der Waals surface area (Å²) >= 11 is 0. The molecule has 0 aromatic carbocycles. The average molecular weight is 256 g/mol. The van der Waals surface area contributed by atoms with Gasteiger partial charge in [0.15, 0.2) is 0 Å². The van der Waals surface area contributed by atoms with Gasteiger partial charge in [0.25, 0.3) is 0 Å². The van der Waals surface area contributed by atoms with Crippen molar-refractivity contribution >= 4 is 11.8 Å². The predicted octanol–water partition coefficient (Wildman–Crippen LogP) is 0.521. The molecule has 2 N–H and O–H groups in total. The van der Waals surface area contributed by atoms with E-state index >= 15 is 0 Å². The highest BCUT2D eigenvalue weighted by atomic mass is 16.3. The molecule has 1 rings (SSSR count). The maximum Gasteiger partial charge on any atom is 0.243 e. The molecule has 5 nitrogen and oxygen atoms in total. The molecule has 0 bridgehead atoms. The summed E-state index contributed by atoms with van der Waals surface area (Å²) in [6, 6.07) is -0.456. The van der Waals surface area contributed by atoms with Crippen molar-refractivity contribution < 1.29 is 14.7 Å². The summed E-state index contributed by atoms with van der Waals surface area (Å²) in [5, 5.41) is 11.9. The molecule has 1 aliphatic rings. The van der Waals surface area contributed by atoms with Gasteiger partial charge in [-0.3, -0.25) is 9.59 Å². The Hall–Kier alpha value is -1.10. The number of carbonyl (C=O) groups is 2. The van der Waals surface area contributed by atoms with Crippen molar-refractivity contribution in [3.8, 4) is 0 Å². The van der Waals surface area contributed by atoms with Gasteiger partial charge in [0.1, 0.15) is 6.04 Å². The molecule has 0 aromatic rings. The normalized spacial score (nSPS) is 20.7. The molecule has 1 aliphatic heterocycles. The number of likely N-dealkylation sites (tertiary alicyclic amines) is 1. The van der Waals surface area contributed by atoms with E-state index in [9.17, 15) is 9.59 Å². The van der Waals surface area contributed by atoms with Gasteiger partial charge >= 0.3 is 0 Å². The van der Waals surface area contributed by atoms with E-state index in [1.807, 2.05) is 20.8 Å². The lowest BCUT2D eigenvalue weighted by Gasteiger charge is -2.28. The molecule has 18 heavy (non-hydrogen) atoms. The molecule has 3 atom stereocenters. The molecule has 0 aliphatic carbocycles. The minimum Gasteiger partial charge on any atom is -0.396 e. The van der Waals surface area contributed by atoms with Crippen molar-refractivity contribution in [1.29, 1.82) is 0 Å². The van der Waals surface area contributed by atoms with Gasteiger partial charge in [-0.05, 0) is 25.7 Å². The number of carbonyl (C=O) groups excluding carboxylic acids is 2. The second-order valence-corrected chi connectivity index (χ2v) is 5.07. The lowest BCUT2D eigenvalue weighted by atomic mass is 10.0. The number of aliphatic hydroxyl groups excluding tert-OH is 1. The maximum absolute atomic E-state index is 12.2. The van der Waals surface area contributed by atoms with Crippen molar-refractivity contribution in [2.24, 2.45) is 5.92 Å². The molecule has 104 valence electrons. The first-order valence-electron chi connectivity index (χ1n) is 6.72. The molecule has 5 heteroatoms. The predicted molar refractivity (Wildman–Crippen MR) is 68.9 cm³/mol. The Bertz CT molecular complexity index is 307. The van der Waals surface area contributed by atoms with Crippen LogP contribution in [0, 0.1) is 5.92 Å². The van der Waals surface area contributed by atoms with Crippen LogP contribution in [0.3, 0.4) is 0 Å². The first kappa shape index (κ1) is 15.0. The molecule has 0 saturated carbocycles. The molecular weight excluding hydrogens is 232 g/mol. The van der Waals surface area contributed by atoms with Gasteiger partial charge in [0.05, 0.1) is 0 Å². The van der Waals surface area contributed by atoms with Crippen LogP contribution in [0.2, 0.25) is 0 Å². The Kier molecular flexibility index (Phi) is 5.59. The van der Waals surface area contributed by atoms with Crippen LogP contribution in [0.15, 0.2) is 0 Å². The van der Waals surface area contributed by atoms with E-state index in [2.05, 4.69) is 5.32 Å². The number of hydrogen-bond acceptors (Lipinski definition) is 3. The molecule has 0 aromatic heterocycles. The fraction of sp³-hybridized carbons (Fsp3) is 0.846. The number of nitrogens with zero attached hydrogens (tertiary/aromatic N) is 1. The zero-order valence-corrected chi connectivity index (χ0v) is 11.5. The van der Waals surface area contributed by atoms with E-state index < -0.39 is 0 Å². The van der Waals surface area contributed by atoms with Crippen molar-refractivity contribution in [2.45, 2.75) is 52.1 Å². The number of rotatable bonds is 6. The summed E-state index contributed by atoms with van der Waals surface area (Å²) in [5.74, 6) is -0.0267. The van der Waals surface area contributed by atoms with Crippen LogP contribution in [0.25, 0.3) is 0 Å². The first-order valence-corrected chi connectivity index (χ1v) is 6.72. The van der Waals surface area contributed by atoms with Crippen LogP contribution in [-0.2, 0) is 9.59 Å². The number of aliphatic hydroxyl groups is 1. The van der Waals surface area contributed by atoms with Crippen LogP contribution >= 0.6 is 0 Å². The fourth-order valence-corrected chi connectivity index (χ4v) is 2.17. The lowest BCUT2D eigenvalue weighted by Crippen LogP contribution is -2.50. The van der Waals surface area contributed by atoms with E-state index in [-0.39, 0.29) is 36.4 Å². The number of nitrogens with one attached hydrogen (secondary N) is 1. The van der Waals surface area contributed by atoms with Gasteiger partial charge in [0, 0.05) is 25.6 Å². The molecule has 1 saturated heterocycles. The molecule has 1 heterocycles. The molecule has 2 amide bonds. The third kappa shape index (κ3) is 3.45. The van der Waals surface area contributed by atoms with Crippen LogP contribution < -0.4 is 5.32 Å². The Labute approximate surface area is 109 Å². The largest absolute Gasteiger partial charge is 0.396 e. The highest BCUT2D eigenvalue weighted by molar-refractivity contribution is 5.88. The van der Waals surface area contributed by atoms with Crippen molar-refractivity contribution in [3.05, 3.63) is 0 Å². The summed E-state index contributed by atoms with van der Waals surface area (Å²) in [5.41, 5.74) is 0. The molecular formula is C13H24N2O3. The summed E-state index contributed by atoms with van der Waals surface area (Å²) in [7, 11) is 0. The van der Waals surface area contributed by atoms with E-state index in [4.69, 9.17) is 5.11 Å². The molecule has 0 spiro atoms. The monoisotopic (exact) mass is 256 g/mol. The number of hydrogen-bond donors (Lipinski definition) is 2. The van der Waals surface area contributed by atoms with Crippen LogP contribution in [0.5, 0.6) is 0 Å². The van der Waals surface area contributed by atoms with E-state index in [0.717, 1.165) is 6.42 Å². The Balaban J connectivity index is 2.59. The lowest BCUT2D eigenvalue weighted by molar-refractivity contribution is -0.138. The van der Waals surface area contributed by atoms with Crippen molar-refractivity contribution in [1.82, 2.24) is 10.2 Å². The molecule has 0 radical (unpaired) electrons. The van der Waals surface area contributed by atoms with Crippen LogP contribution in [0.4, 0.5) is 0 Å². The smallest absolute Gasteiger partial charge is 0.243 e. The topological polar surface area (TPSA) is 69.6 Å². The second-order valence-electron chi connectivity index (χ2n) is 5.07. The zero-order chi connectivity index (χ0) is 13.7. The minimum atomic E-state index is -0.367. The van der Waals surface area contributed by atoms with E-state index in [1.165, 1.54) is 0 Å². The van der Waals surface area contributed by atoms with Gasteiger partial charge in [-0.25, -0.2) is 0 Å². The van der Waals surface area contributed by atoms with Crippen LogP contribution in [-0.4, -0.2) is 47.1 Å². The second kappa shape index (κ2) is 6.73. The van der Waals surface area contributed by atoms with E-state index in [1.54, 1.807) is 4.90 Å². The van der Waals surface area contributed by atoms with Gasteiger partial charge in [-0.1, -0.05) is 13.8 Å². The summed E-state index contributed by atoms with van der Waals surface area (Å²) in [6.07, 6.45) is 2.01. The third-order valence-corrected chi connectivity index (χ3v) is 3.69. The Morgan fingerprint density at radius 3 is 2.61 bits per heavy atom. The standard InChI is InChI=1S/C13H24N2O3/c1-4-11(15-7-5-6-12(15)17)13(18)14-10(3)9(2)8-16/h9-11,16H,4-8H2,1-3H3,(H,14,18). The highest BCUT2D eigenvalue weighted by Gasteiger charge is 2.32. The maximum atomic E-state index is 12.2. The summed E-state index contributed by atoms with van der Waals surface area (Å²) < 4.78 is 0. The first-order chi connectivity index (χ1) is 8.51. The Morgan fingerprint density at radius 1 is 1.50 bits per heavy atom. The van der Waals surface area contributed by atoms with Gasteiger partial charge in [0.2, 0.25) is 11.8 Å². The van der Waals surface area contributed by atoms with Crippen LogP contribution in [0.1, 0.15) is 40.0 Å². The zero-order valence-electron chi connectivity index (χ0n) is 11.5. The summed E-state index contributed by atoms with van der Waals surface area (Å²) in [4.78, 5) is 25.5. The molecule has 1 fully saturated rings. The highest BCUT2D eigenvalue weighted by Crippen LogP contribution is 2.16. The van der Waals surface area contributed by atoms with Gasteiger partial charge < -0.3 is 15.3 Å². The van der Waals surface area contributed by atoms with Gasteiger partial charge in [-0.2, -0.15) is 0 Å². The fourth-order valence-electron chi connectivity index (χ4n) is 2.17. The quantitative estimate of drug-likeness (QED) is 0.728. The minimum absolute atomic E-state index is 0.0146. The average Bonchev–Trinajstić information content (AvgIpc) is 2.75. The van der Waals surface area contributed by atoms with E-state index in [0.29, 0.717) is 19.4 Å². The number of amides is 2. The van der Waals surface area contributed by atoms with Crippen molar-refractivity contribution in [3.63, 3.8) is 0 Å². The van der Waals surface area contributed by atoms with Gasteiger partial charge in [-0.15, -0.1) is 0 Å². The Morgan fingerprint density at radius 2 is 2.17 bits per heavy atom. The summed E-state index contributed by atoms with van der Waals surface area (Å²) in [6.45, 7) is 6.38. The third-order valence-electron chi connectivity index (χ3n) is 3.69.